The molecule has 0 spiro atoms. The van der Waals surface area contributed by atoms with E-state index in [1.165, 1.54) is 5.56 Å². The van der Waals surface area contributed by atoms with Gasteiger partial charge in [0.2, 0.25) is 0 Å². The lowest BCUT2D eigenvalue weighted by atomic mass is 9.66. The summed E-state index contributed by atoms with van der Waals surface area (Å²) in [5.74, 6) is 0.559. The molecular weight excluding hydrogens is 464 g/mol. The van der Waals surface area contributed by atoms with E-state index in [0.717, 1.165) is 25.7 Å². The van der Waals surface area contributed by atoms with Crippen LogP contribution in [0.1, 0.15) is 98.5 Å². The summed E-state index contributed by atoms with van der Waals surface area (Å²) in [6.07, 6.45) is 4.10. The standard InChI is InChI=1S/C16H31NO2.C15H21NO2/c1-14(2,3)11-7-16(10-17,9-13(18)19)8-12(11)15(4,5)6;1-11-7-15(10-16,9-14(17)18)8-13(11)12-5-3-2-4-6-12/h11-12H,7-10,17H2,1-6H3,(H,18,19);2-6,11,13H,7-10,16H2,1H3,(H,17,18)/t11-,12+,16+;11?,13?,15-/m.1/s1. The number of hydrogen-bond acceptors (Lipinski definition) is 4. The fraction of sp³-hybridized carbons (Fsp3) is 0.742. The van der Waals surface area contributed by atoms with Crippen LogP contribution in [-0.2, 0) is 9.59 Å². The zero-order chi connectivity index (χ0) is 28.2. The summed E-state index contributed by atoms with van der Waals surface area (Å²) < 4.78 is 0. The topological polar surface area (TPSA) is 127 Å². The van der Waals surface area contributed by atoms with Gasteiger partial charge in [0.15, 0.2) is 0 Å². The van der Waals surface area contributed by atoms with Crippen molar-refractivity contribution in [1.29, 1.82) is 0 Å². The largest absolute Gasteiger partial charge is 0.481 e. The van der Waals surface area contributed by atoms with E-state index in [9.17, 15) is 14.7 Å². The molecule has 210 valence electrons. The maximum Gasteiger partial charge on any atom is 0.303 e. The minimum atomic E-state index is -0.735. The second kappa shape index (κ2) is 11.9. The van der Waals surface area contributed by atoms with E-state index in [1.807, 2.05) is 18.2 Å². The van der Waals surface area contributed by atoms with Crippen molar-refractivity contribution in [3.63, 3.8) is 0 Å². The number of carbonyl (C=O) groups is 2. The molecule has 0 amide bonds. The molecule has 1 aromatic carbocycles. The van der Waals surface area contributed by atoms with E-state index in [4.69, 9.17) is 16.6 Å². The Kier molecular flexibility index (Phi) is 10.0. The van der Waals surface area contributed by atoms with Crippen molar-refractivity contribution in [2.75, 3.05) is 13.1 Å². The van der Waals surface area contributed by atoms with Crippen LogP contribution in [0, 0.1) is 39.4 Å². The summed E-state index contributed by atoms with van der Waals surface area (Å²) >= 11 is 0. The van der Waals surface area contributed by atoms with Crippen molar-refractivity contribution in [1.82, 2.24) is 0 Å². The highest BCUT2D eigenvalue weighted by Gasteiger charge is 2.52. The predicted molar refractivity (Wildman–Crippen MR) is 150 cm³/mol. The number of aliphatic carboxylic acids is 2. The summed E-state index contributed by atoms with van der Waals surface area (Å²) in [5, 5.41) is 18.3. The second-order valence-corrected chi connectivity index (χ2v) is 14.3. The quantitative estimate of drug-likeness (QED) is 0.344. The molecule has 2 saturated carbocycles. The smallest absolute Gasteiger partial charge is 0.303 e. The van der Waals surface area contributed by atoms with E-state index >= 15 is 0 Å². The molecular formula is C31H52N2O4. The maximum atomic E-state index is 11.2. The molecule has 2 unspecified atom stereocenters. The molecule has 6 atom stereocenters. The van der Waals surface area contributed by atoms with Gasteiger partial charge in [0.05, 0.1) is 12.8 Å². The molecule has 6 heteroatoms. The first-order chi connectivity index (χ1) is 17.0. The summed E-state index contributed by atoms with van der Waals surface area (Å²) in [4.78, 5) is 22.2. The molecule has 1 aromatic rings. The summed E-state index contributed by atoms with van der Waals surface area (Å²) in [5.41, 5.74) is 13.1. The number of carboxylic acid groups (broad SMARTS) is 2. The molecule has 6 N–H and O–H groups in total. The van der Waals surface area contributed by atoms with E-state index in [2.05, 4.69) is 60.6 Å². The van der Waals surface area contributed by atoms with E-state index in [-0.39, 0.29) is 34.5 Å². The first kappa shape index (κ1) is 31.3. The second-order valence-electron chi connectivity index (χ2n) is 14.3. The van der Waals surface area contributed by atoms with E-state index < -0.39 is 11.9 Å². The highest BCUT2D eigenvalue weighted by atomic mass is 16.4. The molecule has 37 heavy (non-hydrogen) atoms. The fourth-order valence-corrected chi connectivity index (χ4v) is 7.25. The molecule has 0 aromatic heterocycles. The molecule has 0 heterocycles. The van der Waals surface area contributed by atoms with Gasteiger partial charge in [-0.1, -0.05) is 78.8 Å². The third-order valence-corrected chi connectivity index (χ3v) is 9.26. The van der Waals surface area contributed by atoms with Crippen LogP contribution < -0.4 is 11.5 Å². The Morgan fingerprint density at radius 1 is 0.784 bits per heavy atom. The van der Waals surface area contributed by atoms with Gasteiger partial charge in [-0.3, -0.25) is 9.59 Å². The first-order valence-corrected chi connectivity index (χ1v) is 13.9. The highest BCUT2D eigenvalue weighted by molar-refractivity contribution is 5.68. The SMILES string of the molecule is CC(C)(C)[C@@H]1C[C@@](CN)(CC(=O)O)C[C@@H]1C(C)(C)C.CC1C[C@](CN)(CC(=O)O)CC1c1ccccc1. The third-order valence-electron chi connectivity index (χ3n) is 9.26. The zero-order valence-electron chi connectivity index (χ0n) is 24.2. The number of benzene rings is 1. The lowest BCUT2D eigenvalue weighted by molar-refractivity contribution is -0.140. The summed E-state index contributed by atoms with van der Waals surface area (Å²) in [6, 6.07) is 10.4. The van der Waals surface area contributed by atoms with Crippen LogP contribution in [0.25, 0.3) is 0 Å². The number of carboxylic acids is 2. The summed E-state index contributed by atoms with van der Waals surface area (Å²) in [6.45, 7) is 16.8. The minimum Gasteiger partial charge on any atom is -0.481 e. The van der Waals surface area contributed by atoms with Crippen LogP contribution in [0.15, 0.2) is 30.3 Å². The Morgan fingerprint density at radius 3 is 1.54 bits per heavy atom. The van der Waals surface area contributed by atoms with Crippen molar-refractivity contribution in [3.05, 3.63) is 35.9 Å². The van der Waals surface area contributed by atoms with Gasteiger partial charge >= 0.3 is 11.9 Å². The van der Waals surface area contributed by atoms with Crippen molar-refractivity contribution in [2.45, 2.75) is 92.9 Å². The lowest BCUT2D eigenvalue weighted by Crippen LogP contribution is -2.32. The fourth-order valence-electron chi connectivity index (χ4n) is 7.25. The molecule has 3 rings (SSSR count). The number of hydrogen-bond donors (Lipinski definition) is 4. The van der Waals surface area contributed by atoms with Crippen LogP contribution in [0.4, 0.5) is 0 Å². The van der Waals surface area contributed by atoms with Crippen molar-refractivity contribution in [2.24, 2.45) is 50.9 Å². The third kappa shape index (κ3) is 8.03. The Labute approximate surface area is 224 Å². The average molecular weight is 517 g/mol. The number of rotatable bonds is 7. The molecule has 2 aliphatic carbocycles. The minimum absolute atomic E-state index is 0.192. The van der Waals surface area contributed by atoms with Gasteiger partial charge in [-0.15, -0.1) is 0 Å². The molecule has 0 radical (unpaired) electrons. The Bertz CT molecular complexity index is 880. The summed E-state index contributed by atoms with van der Waals surface area (Å²) in [7, 11) is 0. The van der Waals surface area contributed by atoms with Crippen LogP contribution in [0.2, 0.25) is 0 Å². The highest BCUT2D eigenvalue weighted by Crippen LogP contribution is 2.58. The zero-order valence-corrected chi connectivity index (χ0v) is 24.2. The molecule has 0 bridgehead atoms. The van der Waals surface area contributed by atoms with Crippen LogP contribution in [-0.4, -0.2) is 35.2 Å². The first-order valence-electron chi connectivity index (χ1n) is 13.9. The van der Waals surface area contributed by atoms with Crippen molar-refractivity contribution < 1.29 is 19.8 Å². The Morgan fingerprint density at radius 2 is 1.19 bits per heavy atom. The Balaban J connectivity index is 0.000000260. The molecule has 2 aliphatic rings. The molecule has 6 nitrogen and oxygen atoms in total. The molecule has 0 aliphatic heterocycles. The van der Waals surface area contributed by atoms with Crippen molar-refractivity contribution in [3.8, 4) is 0 Å². The molecule has 0 saturated heterocycles. The van der Waals surface area contributed by atoms with Crippen LogP contribution in [0.5, 0.6) is 0 Å². The van der Waals surface area contributed by atoms with E-state index in [1.54, 1.807) is 0 Å². The van der Waals surface area contributed by atoms with Crippen LogP contribution in [0.3, 0.4) is 0 Å². The lowest BCUT2D eigenvalue weighted by Gasteiger charge is -2.39. The predicted octanol–water partition coefficient (Wildman–Crippen LogP) is 6.14. The monoisotopic (exact) mass is 516 g/mol. The van der Waals surface area contributed by atoms with Gasteiger partial charge in [0, 0.05) is 0 Å². The normalized spacial score (nSPS) is 32.0. The maximum absolute atomic E-state index is 11.2. The van der Waals surface area contributed by atoms with Gasteiger partial charge in [-0.25, -0.2) is 0 Å². The van der Waals surface area contributed by atoms with Gasteiger partial charge < -0.3 is 21.7 Å². The van der Waals surface area contributed by atoms with Crippen molar-refractivity contribution >= 4 is 11.9 Å². The van der Waals surface area contributed by atoms with Gasteiger partial charge in [0.1, 0.15) is 0 Å². The Hall–Kier alpha value is -1.92. The van der Waals surface area contributed by atoms with Gasteiger partial charge in [0.25, 0.3) is 0 Å². The van der Waals surface area contributed by atoms with E-state index in [0.29, 0.717) is 36.8 Å². The average Bonchev–Trinajstić information content (AvgIpc) is 3.33. The van der Waals surface area contributed by atoms with Gasteiger partial charge in [-0.2, -0.15) is 0 Å². The van der Waals surface area contributed by atoms with Crippen LogP contribution >= 0.6 is 0 Å². The molecule has 2 fully saturated rings. The van der Waals surface area contributed by atoms with Gasteiger partial charge in [-0.05, 0) is 89.7 Å². The number of nitrogens with two attached hydrogens (primary N) is 2.